The highest BCUT2D eigenvalue weighted by atomic mass is 35.5. The minimum absolute atomic E-state index is 0.0312. The fourth-order valence-corrected chi connectivity index (χ4v) is 4.11. The van der Waals surface area contributed by atoms with Crippen molar-refractivity contribution in [3.63, 3.8) is 0 Å². The monoisotopic (exact) mass is 304 g/mol. The highest BCUT2D eigenvalue weighted by molar-refractivity contribution is 7.89. The molecule has 7 heteroatoms. The first-order valence-corrected chi connectivity index (χ1v) is 7.81. The average Bonchev–Trinajstić information content (AvgIpc) is 2.57. The molecule has 2 atom stereocenters. The van der Waals surface area contributed by atoms with Crippen LogP contribution in [0.2, 0.25) is 5.02 Å². The van der Waals surface area contributed by atoms with Crippen molar-refractivity contribution >= 4 is 27.3 Å². The van der Waals surface area contributed by atoms with Gasteiger partial charge in [-0.15, -0.1) is 0 Å². The molecule has 1 aliphatic heterocycles. The molecule has 0 spiro atoms. The fraction of sp³-hybridized carbons (Fsp3) is 0.500. The van der Waals surface area contributed by atoms with Gasteiger partial charge in [-0.2, -0.15) is 0 Å². The van der Waals surface area contributed by atoms with E-state index >= 15 is 0 Å². The Labute approximate surface area is 118 Å². The van der Waals surface area contributed by atoms with Gasteiger partial charge < -0.3 is 10.5 Å². The average molecular weight is 305 g/mol. The zero-order chi connectivity index (χ0) is 14.3. The van der Waals surface area contributed by atoms with E-state index in [9.17, 15) is 8.42 Å². The molecule has 5 nitrogen and oxygen atoms in total. The van der Waals surface area contributed by atoms with Crippen molar-refractivity contribution < 1.29 is 13.2 Å². The summed E-state index contributed by atoms with van der Waals surface area (Å²) in [5, 5.41) is 0.114. The highest BCUT2D eigenvalue weighted by Gasteiger charge is 2.40. The summed E-state index contributed by atoms with van der Waals surface area (Å²) in [5.41, 5.74) is 5.37. The molecule has 1 aromatic rings. The third-order valence-corrected chi connectivity index (χ3v) is 5.59. The Kier molecular flexibility index (Phi) is 3.79. The lowest BCUT2D eigenvalue weighted by molar-refractivity contribution is 0.0957. The molecule has 0 saturated carbocycles. The Morgan fingerprint density at radius 1 is 1.53 bits per heavy atom. The Morgan fingerprint density at radius 2 is 2.21 bits per heavy atom. The quantitative estimate of drug-likeness (QED) is 0.834. The van der Waals surface area contributed by atoms with Gasteiger partial charge in [0, 0.05) is 12.3 Å². The smallest absolute Gasteiger partial charge is 0.242 e. The molecule has 2 rings (SSSR count). The van der Waals surface area contributed by atoms with Crippen molar-refractivity contribution in [3.05, 3.63) is 23.2 Å². The first kappa shape index (κ1) is 14.6. The van der Waals surface area contributed by atoms with E-state index in [0.717, 1.165) is 0 Å². The number of ether oxygens (including phenoxy) is 1. The minimum Gasteiger partial charge on any atom is -0.399 e. The molecule has 19 heavy (non-hydrogen) atoms. The van der Waals surface area contributed by atoms with Crippen molar-refractivity contribution in [2.24, 2.45) is 0 Å². The molecular formula is C12H17ClN2O3S. The second-order valence-electron chi connectivity index (χ2n) is 4.98. The zero-order valence-electron chi connectivity index (χ0n) is 10.8. The molecule has 0 bridgehead atoms. The van der Waals surface area contributed by atoms with Crippen LogP contribution in [0.4, 0.5) is 5.69 Å². The lowest BCUT2D eigenvalue weighted by atomic mass is 9.97. The van der Waals surface area contributed by atoms with Gasteiger partial charge in [-0.25, -0.2) is 13.1 Å². The number of nitrogens with two attached hydrogens (primary N) is 1. The van der Waals surface area contributed by atoms with E-state index in [1.165, 1.54) is 18.2 Å². The molecule has 3 N–H and O–H groups in total. The highest BCUT2D eigenvalue weighted by Crippen LogP contribution is 2.30. The van der Waals surface area contributed by atoms with Crippen LogP contribution in [-0.2, 0) is 14.8 Å². The SMILES string of the molecule is CC1OCCC1(C)NS(=O)(=O)c1ccc(N)cc1Cl. The molecule has 0 amide bonds. The lowest BCUT2D eigenvalue weighted by Gasteiger charge is -2.28. The van der Waals surface area contributed by atoms with Gasteiger partial charge in [-0.05, 0) is 38.5 Å². The van der Waals surface area contributed by atoms with Crippen LogP contribution in [-0.4, -0.2) is 26.7 Å². The van der Waals surface area contributed by atoms with E-state index in [1.54, 1.807) is 0 Å². The third kappa shape index (κ3) is 2.86. The number of halogens is 1. The Morgan fingerprint density at radius 3 is 2.74 bits per heavy atom. The van der Waals surface area contributed by atoms with E-state index in [1.807, 2.05) is 13.8 Å². The van der Waals surface area contributed by atoms with Crippen LogP contribution in [0.15, 0.2) is 23.1 Å². The van der Waals surface area contributed by atoms with Crippen molar-refractivity contribution in [2.45, 2.75) is 36.8 Å². The summed E-state index contributed by atoms with van der Waals surface area (Å²) >= 11 is 5.95. The van der Waals surface area contributed by atoms with Gasteiger partial charge in [0.25, 0.3) is 0 Å². The van der Waals surface area contributed by atoms with Crippen LogP contribution in [0.5, 0.6) is 0 Å². The standard InChI is InChI=1S/C12H17ClN2O3S/c1-8-12(2,5-6-18-8)15-19(16,17)11-4-3-9(14)7-10(11)13/h3-4,7-8,15H,5-6,14H2,1-2H3. The number of hydrogen-bond donors (Lipinski definition) is 2. The van der Waals surface area contributed by atoms with E-state index < -0.39 is 15.6 Å². The van der Waals surface area contributed by atoms with Crippen molar-refractivity contribution in [3.8, 4) is 0 Å². The van der Waals surface area contributed by atoms with Gasteiger partial charge in [0.05, 0.1) is 16.7 Å². The maximum Gasteiger partial charge on any atom is 0.242 e. The number of rotatable bonds is 3. The van der Waals surface area contributed by atoms with Crippen LogP contribution in [0.3, 0.4) is 0 Å². The number of anilines is 1. The summed E-state index contributed by atoms with van der Waals surface area (Å²) in [5.74, 6) is 0. The lowest BCUT2D eigenvalue weighted by Crippen LogP contribution is -2.50. The molecule has 0 radical (unpaired) electrons. The van der Waals surface area contributed by atoms with Gasteiger partial charge in [0.15, 0.2) is 0 Å². The van der Waals surface area contributed by atoms with Crippen LogP contribution in [0, 0.1) is 0 Å². The Bertz CT molecular complexity index is 591. The second-order valence-corrected chi connectivity index (χ2v) is 7.03. The summed E-state index contributed by atoms with van der Waals surface area (Å²) in [6.45, 7) is 4.21. The van der Waals surface area contributed by atoms with E-state index in [4.69, 9.17) is 22.1 Å². The predicted octanol–water partition coefficient (Wildman–Crippen LogP) is 1.77. The normalized spacial score (nSPS) is 27.6. The summed E-state index contributed by atoms with van der Waals surface area (Å²) in [6.07, 6.45) is 0.440. The summed E-state index contributed by atoms with van der Waals surface area (Å²) in [4.78, 5) is 0.0312. The molecule has 0 aliphatic carbocycles. The van der Waals surface area contributed by atoms with E-state index in [2.05, 4.69) is 4.72 Å². The van der Waals surface area contributed by atoms with Crippen LogP contribution >= 0.6 is 11.6 Å². The maximum atomic E-state index is 12.4. The van der Waals surface area contributed by atoms with Crippen molar-refractivity contribution in [1.82, 2.24) is 4.72 Å². The summed E-state index contributed by atoms with van der Waals surface area (Å²) in [6, 6.07) is 4.34. The van der Waals surface area contributed by atoms with Gasteiger partial charge in [0.2, 0.25) is 10.0 Å². The predicted molar refractivity (Wildman–Crippen MR) is 74.6 cm³/mol. The van der Waals surface area contributed by atoms with Crippen molar-refractivity contribution in [2.75, 3.05) is 12.3 Å². The first-order valence-electron chi connectivity index (χ1n) is 5.95. The maximum absolute atomic E-state index is 12.4. The molecule has 2 unspecified atom stereocenters. The van der Waals surface area contributed by atoms with Crippen LogP contribution in [0.25, 0.3) is 0 Å². The molecule has 106 valence electrons. The van der Waals surface area contributed by atoms with Gasteiger partial charge in [-0.3, -0.25) is 0 Å². The Balaban J connectivity index is 2.33. The van der Waals surface area contributed by atoms with Gasteiger partial charge >= 0.3 is 0 Å². The van der Waals surface area contributed by atoms with Crippen LogP contribution < -0.4 is 10.5 Å². The van der Waals surface area contributed by atoms with E-state index in [0.29, 0.717) is 18.7 Å². The third-order valence-electron chi connectivity index (χ3n) is 3.50. The minimum atomic E-state index is -3.70. The molecule has 0 aromatic heterocycles. The van der Waals surface area contributed by atoms with Crippen molar-refractivity contribution in [1.29, 1.82) is 0 Å². The largest absolute Gasteiger partial charge is 0.399 e. The van der Waals surface area contributed by atoms with Gasteiger partial charge in [-0.1, -0.05) is 11.6 Å². The second kappa shape index (κ2) is 4.94. The summed E-state index contributed by atoms with van der Waals surface area (Å²) < 4.78 is 32.9. The molecule has 1 fully saturated rings. The molecule has 1 saturated heterocycles. The number of sulfonamides is 1. The molecule has 1 aromatic carbocycles. The molecule has 1 aliphatic rings. The molecular weight excluding hydrogens is 288 g/mol. The van der Waals surface area contributed by atoms with Gasteiger partial charge in [0.1, 0.15) is 4.90 Å². The topological polar surface area (TPSA) is 81.4 Å². The Hall–Kier alpha value is -0.820. The number of nitrogens with one attached hydrogen (secondary N) is 1. The fourth-order valence-electron chi connectivity index (χ4n) is 2.07. The number of hydrogen-bond acceptors (Lipinski definition) is 4. The first-order chi connectivity index (χ1) is 8.74. The number of benzene rings is 1. The number of nitrogen functional groups attached to an aromatic ring is 1. The van der Waals surface area contributed by atoms with E-state index in [-0.39, 0.29) is 16.0 Å². The molecule has 1 heterocycles. The zero-order valence-corrected chi connectivity index (χ0v) is 12.4. The van der Waals surface area contributed by atoms with Crippen LogP contribution in [0.1, 0.15) is 20.3 Å². The summed E-state index contributed by atoms with van der Waals surface area (Å²) in [7, 11) is -3.70.